The van der Waals surface area contributed by atoms with E-state index in [9.17, 15) is 9.18 Å². The van der Waals surface area contributed by atoms with Crippen molar-refractivity contribution in [3.8, 4) is 0 Å². The van der Waals surface area contributed by atoms with Crippen molar-refractivity contribution < 1.29 is 9.18 Å². The molecule has 0 fully saturated rings. The zero-order chi connectivity index (χ0) is 21.3. The van der Waals surface area contributed by atoms with Gasteiger partial charge in [0.2, 0.25) is 5.28 Å². The van der Waals surface area contributed by atoms with Crippen molar-refractivity contribution in [2.24, 2.45) is 0 Å². The first kappa shape index (κ1) is 21.7. The molecule has 160 valence electrons. The van der Waals surface area contributed by atoms with E-state index in [-0.39, 0.29) is 17.0 Å². The molecule has 0 spiro atoms. The Morgan fingerprint density at radius 1 is 1.23 bits per heavy atom. The van der Waals surface area contributed by atoms with Crippen molar-refractivity contribution >= 4 is 23.3 Å². The van der Waals surface area contributed by atoms with Crippen LogP contribution >= 0.6 is 11.6 Å². The van der Waals surface area contributed by atoms with E-state index in [0.29, 0.717) is 43.3 Å². The van der Waals surface area contributed by atoms with E-state index in [1.165, 1.54) is 16.9 Å². The summed E-state index contributed by atoms with van der Waals surface area (Å²) in [6.07, 6.45) is 3.11. The molecule has 0 saturated carbocycles. The van der Waals surface area contributed by atoms with Gasteiger partial charge in [-0.05, 0) is 47.4 Å². The Morgan fingerprint density at radius 3 is 2.80 bits per heavy atom. The van der Waals surface area contributed by atoms with Crippen LogP contribution in [-0.4, -0.2) is 49.2 Å². The molecule has 0 aliphatic carbocycles. The molecule has 9 nitrogen and oxygen atoms in total. The normalized spacial score (nSPS) is 10.9. The van der Waals surface area contributed by atoms with Gasteiger partial charge in [0.05, 0.1) is 6.54 Å². The highest BCUT2D eigenvalue weighted by Gasteiger charge is 2.16. The standard InChI is InChI=1S/C19H24ClFN8O/c1-2-3-9-22-17-16(24-19(20)25-17)18(30)23-10-4-11-29-27-15(26-28-29)12-13-5-7-14(21)8-6-13/h5-8,22H,2-4,9-12H2,1H3,(H,23,30)(H,24,25). The van der Waals surface area contributed by atoms with Gasteiger partial charge >= 0.3 is 0 Å². The number of imidazole rings is 1. The van der Waals surface area contributed by atoms with Crippen LogP contribution in [0.1, 0.15) is 48.1 Å². The number of nitrogens with zero attached hydrogens (tertiary/aromatic N) is 5. The number of unbranched alkanes of at least 4 members (excludes halogenated alkanes) is 1. The number of hydrogen-bond acceptors (Lipinski definition) is 6. The third-order valence-electron chi connectivity index (χ3n) is 4.31. The van der Waals surface area contributed by atoms with Gasteiger partial charge in [0, 0.05) is 19.5 Å². The molecule has 3 N–H and O–H groups in total. The Labute approximate surface area is 178 Å². The van der Waals surface area contributed by atoms with Crippen molar-refractivity contribution in [1.82, 2.24) is 35.5 Å². The zero-order valence-electron chi connectivity index (χ0n) is 16.7. The van der Waals surface area contributed by atoms with Crippen molar-refractivity contribution in [2.75, 3.05) is 18.4 Å². The maximum Gasteiger partial charge on any atom is 0.271 e. The largest absolute Gasteiger partial charge is 0.368 e. The predicted molar refractivity (Wildman–Crippen MR) is 111 cm³/mol. The van der Waals surface area contributed by atoms with Crippen LogP contribution in [0.5, 0.6) is 0 Å². The van der Waals surface area contributed by atoms with Gasteiger partial charge in [-0.2, -0.15) is 4.80 Å². The van der Waals surface area contributed by atoms with Gasteiger partial charge in [0.25, 0.3) is 5.91 Å². The molecule has 3 aromatic rings. The lowest BCUT2D eigenvalue weighted by molar-refractivity contribution is 0.0948. The molecule has 0 aliphatic rings. The lowest BCUT2D eigenvalue weighted by Crippen LogP contribution is -2.26. The molecule has 30 heavy (non-hydrogen) atoms. The number of nitrogens with one attached hydrogen (secondary N) is 3. The van der Waals surface area contributed by atoms with E-state index in [1.54, 1.807) is 12.1 Å². The van der Waals surface area contributed by atoms with Gasteiger partial charge < -0.3 is 15.6 Å². The van der Waals surface area contributed by atoms with Crippen molar-refractivity contribution in [2.45, 2.75) is 39.2 Å². The first-order valence-corrected chi connectivity index (χ1v) is 10.2. The number of tetrazole rings is 1. The molecule has 1 amide bonds. The van der Waals surface area contributed by atoms with Crippen molar-refractivity contribution in [1.29, 1.82) is 0 Å². The molecule has 0 radical (unpaired) electrons. The van der Waals surface area contributed by atoms with Gasteiger partial charge in [-0.1, -0.05) is 25.5 Å². The molecule has 0 bridgehead atoms. The summed E-state index contributed by atoms with van der Waals surface area (Å²) in [5.41, 5.74) is 1.22. The molecule has 1 aromatic carbocycles. The highest BCUT2D eigenvalue weighted by Crippen LogP contribution is 2.15. The minimum Gasteiger partial charge on any atom is -0.368 e. The van der Waals surface area contributed by atoms with E-state index in [0.717, 1.165) is 24.9 Å². The highest BCUT2D eigenvalue weighted by atomic mass is 35.5. The summed E-state index contributed by atoms with van der Waals surface area (Å²) in [5, 5.41) is 18.4. The fourth-order valence-electron chi connectivity index (χ4n) is 2.76. The van der Waals surface area contributed by atoms with Crippen LogP contribution in [0.4, 0.5) is 10.2 Å². The molecular formula is C19H24ClFN8O. The van der Waals surface area contributed by atoms with Crippen molar-refractivity contribution in [3.63, 3.8) is 0 Å². The van der Waals surface area contributed by atoms with Crippen LogP contribution in [0.2, 0.25) is 5.28 Å². The van der Waals surface area contributed by atoms with Crippen LogP contribution in [-0.2, 0) is 13.0 Å². The van der Waals surface area contributed by atoms with Gasteiger partial charge in [-0.15, -0.1) is 10.2 Å². The number of rotatable bonds is 11. The summed E-state index contributed by atoms with van der Waals surface area (Å²) in [6, 6.07) is 6.19. The molecule has 3 rings (SSSR count). The summed E-state index contributed by atoms with van der Waals surface area (Å²) in [5.74, 6) is 0.450. The summed E-state index contributed by atoms with van der Waals surface area (Å²) in [6.45, 7) is 3.74. The molecule has 0 saturated heterocycles. The maximum atomic E-state index is 13.0. The Bertz CT molecular complexity index is 956. The van der Waals surface area contributed by atoms with E-state index in [4.69, 9.17) is 11.6 Å². The number of benzene rings is 1. The second-order valence-electron chi connectivity index (χ2n) is 6.75. The molecule has 0 aliphatic heterocycles. The quantitative estimate of drug-likeness (QED) is 0.400. The van der Waals surface area contributed by atoms with Crippen molar-refractivity contribution in [3.05, 3.63) is 52.4 Å². The third-order valence-corrected chi connectivity index (χ3v) is 4.49. The molecule has 2 aromatic heterocycles. The molecule has 0 unspecified atom stereocenters. The molecule has 0 atom stereocenters. The molecule has 2 heterocycles. The smallest absolute Gasteiger partial charge is 0.271 e. The summed E-state index contributed by atoms with van der Waals surface area (Å²) >= 11 is 5.90. The van der Waals surface area contributed by atoms with Crippen LogP contribution in [0.25, 0.3) is 0 Å². The minimum atomic E-state index is -0.281. The molecule has 11 heteroatoms. The number of hydrogen-bond donors (Lipinski definition) is 3. The highest BCUT2D eigenvalue weighted by molar-refractivity contribution is 6.28. The first-order chi connectivity index (χ1) is 14.5. The first-order valence-electron chi connectivity index (χ1n) is 9.84. The fraction of sp³-hybridized carbons (Fsp3) is 0.421. The van der Waals surface area contributed by atoms with E-state index in [1.807, 2.05) is 0 Å². The van der Waals surface area contributed by atoms with Gasteiger partial charge in [-0.3, -0.25) is 4.79 Å². The lowest BCUT2D eigenvalue weighted by Gasteiger charge is -2.06. The third kappa shape index (κ3) is 6.24. The number of aromatic nitrogens is 6. The number of aromatic amines is 1. The average molecular weight is 435 g/mol. The SMILES string of the molecule is CCCCNc1nc(Cl)[nH]c1C(=O)NCCCn1nnc(Cc2ccc(F)cc2)n1. The second kappa shape index (κ2) is 10.7. The number of H-pyrrole nitrogens is 1. The predicted octanol–water partition coefficient (Wildman–Crippen LogP) is 2.81. The van der Waals surface area contributed by atoms with Crippen LogP contribution in [0, 0.1) is 5.82 Å². The van der Waals surface area contributed by atoms with Crippen LogP contribution in [0.3, 0.4) is 0 Å². The number of amides is 1. The second-order valence-corrected chi connectivity index (χ2v) is 7.10. The summed E-state index contributed by atoms with van der Waals surface area (Å²) < 4.78 is 13.0. The Hall–Kier alpha value is -3.01. The Morgan fingerprint density at radius 2 is 2.03 bits per heavy atom. The maximum absolute atomic E-state index is 13.0. The number of aryl methyl sites for hydroxylation is 1. The van der Waals surface area contributed by atoms with Gasteiger partial charge in [0.15, 0.2) is 11.6 Å². The van der Waals surface area contributed by atoms with Crippen LogP contribution < -0.4 is 10.6 Å². The van der Waals surface area contributed by atoms with Gasteiger partial charge in [-0.25, -0.2) is 9.37 Å². The number of carbonyl (C=O) groups is 1. The number of carbonyl (C=O) groups excluding carboxylic acids is 1. The minimum absolute atomic E-state index is 0.166. The average Bonchev–Trinajstić information content (AvgIpc) is 3.33. The number of halogens is 2. The zero-order valence-corrected chi connectivity index (χ0v) is 17.4. The fourth-order valence-corrected chi connectivity index (χ4v) is 2.94. The van der Waals surface area contributed by atoms with E-state index >= 15 is 0 Å². The van der Waals surface area contributed by atoms with Crippen LogP contribution in [0.15, 0.2) is 24.3 Å². The Kier molecular flexibility index (Phi) is 7.72. The van der Waals surface area contributed by atoms with E-state index in [2.05, 4.69) is 42.9 Å². The molecular weight excluding hydrogens is 411 g/mol. The topological polar surface area (TPSA) is 113 Å². The summed E-state index contributed by atoms with van der Waals surface area (Å²) in [7, 11) is 0. The van der Waals surface area contributed by atoms with Gasteiger partial charge in [0.1, 0.15) is 11.5 Å². The van der Waals surface area contributed by atoms with E-state index < -0.39 is 0 Å². The summed E-state index contributed by atoms with van der Waals surface area (Å²) in [4.78, 5) is 20.8. The Balaban J connectivity index is 1.43. The number of anilines is 1. The monoisotopic (exact) mass is 434 g/mol. The lowest BCUT2D eigenvalue weighted by atomic mass is 10.1.